The molecule has 2 aliphatic rings. The summed E-state index contributed by atoms with van der Waals surface area (Å²) >= 11 is 0. The quantitative estimate of drug-likeness (QED) is 0.895. The first-order valence-corrected chi connectivity index (χ1v) is 8.04. The van der Waals surface area contributed by atoms with E-state index < -0.39 is 6.10 Å². The molecule has 1 saturated heterocycles. The highest BCUT2D eigenvalue weighted by atomic mass is 16.5. The lowest BCUT2D eigenvalue weighted by Crippen LogP contribution is -2.42. The minimum absolute atomic E-state index is 0.369. The molecule has 4 heteroatoms. The monoisotopic (exact) mass is 291 g/mol. The van der Waals surface area contributed by atoms with E-state index in [9.17, 15) is 5.11 Å². The fourth-order valence-electron chi connectivity index (χ4n) is 3.20. The third-order valence-electron chi connectivity index (χ3n) is 4.36. The largest absolute Gasteiger partial charge is 0.491 e. The average molecular weight is 291 g/mol. The van der Waals surface area contributed by atoms with Crippen LogP contribution in [0, 0.1) is 0 Å². The maximum atomic E-state index is 10.2. The second-order valence-electron chi connectivity index (χ2n) is 5.98. The number of morpholine rings is 1. The van der Waals surface area contributed by atoms with Crippen LogP contribution in [-0.2, 0) is 17.6 Å². The zero-order chi connectivity index (χ0) is 14.5. The minimum Gasteiger partial charge on any atom is -0.491 e. The first-order chi connectivity index (χ1) is 10.3. The molecule has 1 aromatic rings. The van der Waals surface area contributed by atoms with Gasteiger partial charge < -0.3 is 14.6 Å². The van der Waals surface area contributed by atoms with E-state index >= 15 is 0 Å². The van der Waals surface area contributed by atoms with Crippen molar-refractivity contribution in [2.45, 2.75) is 31.8 Å². The van der Waals surface area contributed by atoms with Crippen molar-refractivity contribution in [2.75, 3.05) is 39.5 Å². The molecule has 1 N–H and O–H groups in total. The third kappa shape index (κ3) is 3.96. The summed E-state index contributed by atoms with van der Waals surface area (Å²) in [5, 5.41) is 10.2. The van der Waals surface area contributed by atoms with Crippen molar-refractivity contribution in [2.24, 2.45) is 0 Å². The molecule has 4 nitrogen and oxygen atoms in total. The summed E-state index contributed by atoms with van der Waals surface area (Å²) in [6.07, 6.45) is 4.33. The van der Waals surface area contributed by atoms with Gasteiger partial charge in [0.25, 0.3) is 0 Å². The Morgan fingerprint density at radius 2 is 2.00 bits per heavy atom. The number of benzene rings is 1. The van der Waals surface area contributed by atoms with E-state index in [-0.39, 0.29) is 0 Å². The van der Waals surface area contributed by atoms with Crippen LogP contribution < -0.4 is 4.74 Å². The summed E-state index contributed by atoms with van der Waals surface area (Å²) in [7, 11) is 0. The van der Waals surface area contributed by atoms with Crippen LogP contribution in [0.25, 0.3) is 0 Å². The summed E-state index contributed by atoms with van der Waals surface area (Å²) in [5.41, 5.74) is 2.77. The highest BCUT2D eigenvalue weighted by Gasteiger charge is 2.17. The number of ether oxygens (including phenoxy) is 2. The van der Waals surface area contributed by atoms with E-state index in [0.717, 1.165) is 44.9 Å². The number of hydrogen-bond donors (Lipinski definition) is 1. The Hall–Kier alpha value is -1.10. The van der Waals surface area contributed by atoms with Crippen molar-refractivity contribution in [1.82, 2.24) is 4.90 Å². The van der Waals surface area contributed by atoms with E-state index in [1.165, 1.54) is 24.0 Å². The standard InChI is InChI=1S/C17H25NO3/c19-15(12-18-8-10-20-11-9-18)13-21-17-7-3-5-14-4-1-2-6-16(14)17/h3,5,7,15,19H,1-2,4,6,8-13H2. The smallest absolute Gasteiger partial charge is 0.122 e. The molecule has 3 rings (SSSR count). The zero-order valence-corrected chi connectivity index (χ0v) is 12.6. The summed E-state index contributed by atoms with van der Waals surface area (Å²) in [6.45, 7) is 4.36. The molecule has 1 heterocycles. The van der Waals surface area contributed by atoms with Crippen LogP contribution in [-0.4, -0.2) is 55.6 Å². The maximum absolute atomic E-state index is 10.2. The molecule has 0 saturated carbocycles. The fourth-order valence-corrected chi connectivity index (χ4v) is 3.20. The van der Waals surface area contributed by atoms with Crippen molar-refractivity contribution in [3.05, 3.63) is 29.3 Å². The van der Waals surface area contributed by atoms with E-state index in [4.69, 9.17) is 9.47 Å². The topological polar surface area (TPSA) is 41.9 Å². The number of rotatable bonds is 5. The summed E-state index contributed by atoms with van der Waals surface area (Å²) in [5.74, 6) is 0.966. The van der Waals surface area contributed by atoms with Gasteiger partial charge in [-0.1, -0.05) is 12.1 Å². The Morgan fingerprint density at radius 1 is 1.19 bits per heavy atom. The average Bonchev–Trinajstić information content (AvgIpc) is 2.54. The van der Waals surface area contributed by atoms with Crippen molar-refractivity contribution in [1.29, 1.82) is 0 Å². The summed E-state index contributed by atoms with van der Waals surface area (Å²) in [6, 6.07) is 6.30. The van der Waals surface area contributed by atoms with Gasteiger partial charge in [0, 0.05) is 19.6 Å². The Bertz CT molecular complexity index is 457. The molecule has 0 bridgehead atoms. The van der Waals surface area contributed by atoms with Crippen molar-refractivity contribution in [3.8, 4) is 5.75 Å². The maximum Gasteiger partial charge on any atom is 0.122 e. The second-order valence-corrected chi connectivity index (χ2v) is 5.98. The molecule has 1 fully saturated rings. The van der Waals surface area contributed by atoms with Crippen molar-refractivity contribution < 1.29 is 14.6 Å². The van der Waals surface area contributed by atoms with E-state index in [1.807, 2.05) is 6.07 Å². The third-order valence-corrected chi connectivity index (χ3v) is 4.36. The number of aryl methyl sites for hydroxylation is 1. The molecule has 1 aliphatic carbocycles. The van der Waals surface area contributed by atoms with Crippen LogP contribution in [0.3, 0.4) is 0 Å². The number of aliphatic hydroxyl groups excluding tert-OH is 1. The van der Waals surface area contributed by atoms with Crippen LogP contribution in [0.1, 0.15) is 24.0 Å². The van der Waals surface area contributed by atoms with Gasteiger partial charge in [0.05, 0.1) is 13.2 Å². The molecule has 0 amide bonds. The van der Waals surface area contributed by atoms with Crippen molar-refractivity contribution in [3.63, 3.8) is 0 Å². The van der Waals surface area contributed by atoms with Crippen LogP contribution in [0.4, 0.5) is 0 Å². The SMILES string of the molecule is OC(COc1cccc2c1CCCC2)CN1CCOCC1. The van der Waals surface area contributed by atoms with Gasteiger partial charge in [-0.3, -0.25) is 4.90 Å². The Labute approximate surface area is 126 Å². The van der Waals surface area contributed by atoms with Gasteiger partial charge >= 0.3 is 0 Å². The van der Waals surface area contributed by atoms with Gasteiger partial charge in [-0.25, -0.2) is 0 Å². The van der Waals surface area contributed by atoms with E-state index in [0.29, 0.717) is 13.2 Å². The summed E-state index contributed by atoms with van der Waals surface area (Å²) < 4.78 is 11.2. The molecular weight excluding hydrogens is 266 g/mol. The first-order valence-electron chi connectivity index (χ1n) is 8.04. The minimum atomic E-state index is -0.442. The molecule has 1 aliphatic heterocycles. The van der Waals surface area contributed by atoms with Crippen LogP contribution >= 0.6 is 0 Å². The molecular formula is C17H25NO3. The van der Waals surface area contributed by atoms with Crippen molar-refractivity contribution >= 4 is 0 Å². The van der Waals surface area contributed by atoms with Gasteiger partial charge in [0.15, 0.2) is 0 Å². The van der Waals surface area contributed by atoms with E-state index in [2.05, 4.69) is 17.0 Å². The van der Waals surface area contributed by atoms with Gasteiger partial charge in [-0.15, -0.1) is 0 Å². The second kappa shape index (κ2) is 7.25. The lowest BCUT2D eigenvalue weighted by atomic mass is 9.91. The van der Waals surface area contributed by atoms with Crippen LogP contribution in [0.2, 0.25) is 0 Å². The number of nitrogens with zero attached hydrogens (tertiary/aromatic N) is 1. The Morgan fingerprint density at radius 3 is 2.86 bits per heavy atom. The predicted octanol–water partition coefficient (Wildman–Crippen LogP) is 1.64. The lowest BCUT2D eigenvalue weighted by molar-refractivity contribution is 0.00455. The molecule has 0 aromatic heterocycles. The van der Waals surface area contributed by atoms with Gasteiger partial charge in [-0.05, 0) is 42.9 Å². The number of β-amino-alcohol motifs (C(OH)–C–C–N with tert-alkyl or cyclic N) is 1. The molecule has 1 atom stereocenters. The highest BCUT2D eigenvalue weighted by Crippen LogP contribution is 2.29. The summed E-state index contributed by atoms with van der Waals surface area (Å²) in [4.78, 5) is 2.23. The first kappa shape index (κ1) is 14.8. The van der Waals surface area contributed by atoms with Gasteiger partial charge in [-0.2, -0.15) is 0 Å². The number of aliphatic hydroxyl groups is 1. The van der Waals surface area contributed by atoms with Crippen LogP contribution in [0.15, 0.2) is 18.2 Å². The predicted molar refractivity (Wildman–Crippen MR) is 81.8 cm³/mol. The molecule has 0 spiro atoms. The molecule has 116 valence electrons. The molecule has 21 heavy (non-hydrogen) atoms. The normalized spacial score (nSPS) is 20.8. The number of hydrogen-bond acceptors (Lipinski definition) is 4. The van der Waals surface area contributed by atoms with Gasteiger partial charge in [0.2, 0.25) is 0 Å². The zero-order valence-electron chi connectivity index (χ0n) is 12.6. The number of fused-ring (bicyclic) bond motifs is 1. The Balaban J connectivity index is 1.52. The fraction of sp³-hybridized carbons (Fsp3) is 0.647. The molecule has 0 radical (unpaired) electrons. The van der Waals surface area contributed by atoms with E-state index in [1.54, 1.807) is 0 Å². The molecule has 1 unspecified atom stereocenters. The molecule has 1 aromatic carbocycles. The van der Waals surface area contributed by atoms with Crippen LogP contribution in [0.5, 0.6) is 5.75 Å². The highest BCUT2D eigenvalue weighted by molar-refractivity contribution is 5.41. The van der Waals surface area contributed by atoms with Gasteiger partial charge in [0.1, 0.15) is 18.5 Å². The lowest BCUT2D eigenvalue weighted by Gasteiger charge is -2.28. The Kier molecular flexibility index (Phi) is 5.12.